The predicted molar refractivity (Wildman–Crippen MR) is 187 cm³/mol. The van der Waals surface area contributed by atoms with Gasteiger partial charge in [-0.2, -0.15) is 0 Å². The van der Waals surface area contributed by atoms with Crippen LogP contribution in [0.2, 0.25) is 0 Å². The van der Waals surface area contributed by atoms with Crippen LogP contribution in [-0.2, 0) is 19.1 Å². The minimum absolute atomic E-state index is 0.0828. The lowest BCUT2D eigenvalue weighted by molar-refractivity contribution is -0.161. The molecular formula is C39H66O5. The molecule has 44 heavy (non-hydrogen) atoms. The number of unbranched alkanes of at least 4 members (excludes halogenated alkanes) is 13. The first-order chi connectivity index (χ1) is 21.6. The van der Waals surface area contributed by atoms with Gasteiger partial charge in [-0.05, 0) is 77.0 Å². The Morgan fingerprint density at radius 2 is 0.977 bits per heavy atom. The Labute approximate surface area is 271 Å². The number of carbonyl (C=O) groups is 2. The molecule has 0 aromatic carbocycles. The van der Waals surface area contributed by atoms with E-state index in [9.17, 15) is 14.7 Å². The van der Waals surface area contributed by atoms with Gasteiger partial charge in [-0.25, -0.2) is 0 Å². The van der Waals surface area contributed by atoms with Crippen LogP contribution < -0.4 is 0 Å². The van der Waals surface area contributed by atoms with Gasteiger partial charge < -0.3 is 14.6 Å². The fourth-order valence-corrected chi connectivity index (χ4v) is 4.60. The third-order valence-corrected chi connectivity index (χ3v) is 7.30. The summed E-state index contributed by atoms with van der Waals surface area (Å²) in [6.07, 6.45) is 44.1. The second-order valence-corrected chi connectivity index (χ2v) is 11.6. The van der Waals surface area contributed by atoms with Crippen molar-refractivity contribution >= 4 is 11.9 Å². The van der Waals surface area contributed by atoms with E-state index in [2.05, 4.69) is 74.6 Å². The molecule has 0 bridgehead atoms. The highest BCUT2D eigenvalue weighted by Gasteiger charge is 2.16. The minimum atomic E-state index is -0.787. The second-order valence-electron chi connectivity index (χ2n) is 11.6. The summed E-state index contributed by atoms with van der Waals surface area (Å²) >= 11 is 0. The van der Waals surface area contributed by atoms with Crippen molar-refractivity contribution in [3.63, 3.8) is 0 Å². The Balaban J connectivity index is 3.65. The molecule has 0 radical (unpaired) electrons. The highest BCUT2D eigenvalue weighted by atomic mass is 16.6. The van der Waals surface area contributed by atoms with E-state index in [1.807, 2.05) is 0 Å². The summed E-state index contributed by atoms with van der Waals surface area (Å²) in [5.74, 6) is -0.633. The van der Waals surface area contributed by atoms with Gasteiger partial charge in [-0.1, -0.05) is 126 Å². The summed E-state index contributed by atoms with van der Waals surface area (Å²) in [5.41, 5.74) is 0. The third-order valence-electron chi connectivity index (χ3n) is 7.30. The van der Waals surface area contributed by atoms with Crippen molar-refractivity contribution < 1.29 is 24.2 Å². The molecule has 1 atom stereocenters. The van der Waals surface area contributed by atoms with Crippen molar-refractivity contribution in [3.8, 4) is 0 Å². The van der Waals surface area contributed by atoms with E-state index in [1.165, 1.54) is 38.5 Å². The molecule has 0 aliphatic carbocycles. The maximum absolute atomic E-state index is 12.1. The van der Waals surface area contributed by atoms with Crippen LogP contribution in [-0.4, -0.2) is 36.4 Å². The summed E-state index contributed by atoms with van der Waals surface area (Å²) in [7, 11) is 0. The van der Waals surface area contributed by atoms with Gasteiger partial charge in [0.15, 0.2) is 6.10 Å². The number of hydrogen-bond donors (Lipinski definition) is 1. The Hall–Kier alpha value is -2.40. The first-order valence-electron chi connectivity index (χ1n) is 17.8. The fourth-order valence-electron chi connectivity index (χ4n) is 4.60. The highest BCUT2D eigenvalue weighted by Crippen LogP contribution is 2.11. The topological polar surface area (TPSA) is 72.8 Å². The molecule has 0 aromatic rings. The van der Waals surface area contributed by atoms with E-state index in [1.54, 1.807) is 0 Å². The first kappa shape index (κ1) is 41.6. The molecule has 0 saturated carbocycles. The van der Waals surface area contributed by atoms with Gasteiger partial charge in [0.05, 0.1) is 6.61 Å². The number of rotatable bonds is 31. The van der Waals surface area contributed by atoms with Crippen molar-refractivity contribution in [1.82, 2.24) is 0 Å². The maximum atomic E-state index is 12.1. The van der Waals surface area contributed by atoms with E-state index < -0.39 is 6.10 Å². The van der Waals surface area contributed by atoms with Gasteiger partial charge in [-0.15, -0.1) is 0 Å². The maximum Gasteiger partial charge on any atom is 0.306 e. The van der Waals surface area contributed by atoms with Crippen molar-refractivity contribution in [2.75, 3.05) is 13.2 Å². The van der Waals surface area contributed by atoms with Gasteiger partial charge in [0.2, 0.25) is 0 Å². The van der Waals surface area contributed by atoms with Gasteiger partial charge in [0.25, 0.3) is 0 Å². The third kappa shape index (κ3) is 32.5. The lowest BCUT2D eigenvalue weighted by Crippen LogP contribution is -2.28. The summed E-state index contributed by atoms with van der Waals surface area (Å²) in [5, 5.41) is 9.52. The zero-order valence-electron chi connectivity index (χ0n) is 28.4. The number of esters is 2. The zero-order valence-corrected chi connectivity index (χ0v) is 28.4. The average molecular weight is 615 g/mol. The van der Waals surface area contributed by atoms with E-state index in [-0.39, 0.29) is 25.2 Å². The van der Waals surface area contributed by atoms with Gasteiger partial charge in [-0.3, -0.25) is 9.59 Å². The molecule has 0 spiro atoms. The molecule has 0 aliphatic rings. The molecule has 5 nitrogen and oxygen atoms in total. The van der Waals surface area contributed by atoms with Crippen molar-refractivity contribution in [1.29, 1.82) is 0 Å². The van der Waals surface area contributed by atoms with Gasteiger partial charge in [0.1, 0.15) is 6.61 Å². The second kappa shape index (κ2) is 35.1. The largest absolute Gasteiger partial charge is 0.462 e. The van der Waals surface area contributed by atoms with E-state index in [0.717, 1.165) is 89.9 Å². The van der Waals surface area contributed by atoms with E-state index in [4.69, 9.17) is 9.47 Å². The van der Waals surface area contributed by atoms with Crippen LogP contribution in [0, 0.1) is 0 Å². The number of allylic oxidation sites excluding steroid dienone is 10. The molecular weight excluding hydrogens is 548 g/mol. The molecule has 0 aromatic heterocycles. The quantitative estimate of drug-likeness (QED) is 0.0478. The van der Waals surface area contributed by atoms with Crippen LogP contribution in [0.15, 0.2) is 60.8 Å². The zero-order chi connectivity index (χ0) is 32.2. The van der Waals surface area contributed by atoms with Crippen LogP contribution in [0.5, 0.6) is 0 Å². The van der Waals surface area contributed by atoms with Gasteiger partial charge >= 0.3 is 11.9 Å². The smallest absolute Gasteiger partial charge is 0.306 e. The molecule has 0 fully saturated rings. The summed E-state index contributed by atoms with van der Waals surface area (Å²) in [4.78, 5) is 24.2. The predicted octanol–water partition coefficient (Wildman–Crippen LogP) is 10.8. The van der Waals surface area contributed by atoms with Crippen LogP contribution in [0.25, 0.3) is 0 Å². The molecule has 1 N–H and O–H groups in total. The molecule has 0 saturated heterocycles. The number of hydrogen-bond acceptors (Lipinski definition) is 5. The van der Waals surface area contributed by atoms with E-state index >= 15 is 0 Å². The Morgan fingerprint density at radius 3 is 1.48 bits per heavy atom. The average Bonchev–Trinajstić information content (AvgIpc) is 3.02. The number of ether oxygens (including phenoxy) is 2. The van der Waals surface area contributed by atoms with Crippen LogP contribution in [0.3, 0.4) is 0 Å². The lowest BCUT2D eigenvalue weighted by Gasteiger charge is -2.15. The number of carbonyl (C=O) groups excluding carboxylic acids is 2. The highest BCUT2D eigenvalue weighted by molar-refractivity contribution is 5.70. The van der Waals surface area contributed by atoms with Crippen molar-refractivity contribution in [2.45, 2.75) is 161 Å². The number of aliphatic hydroxyl groups excluding tert-OH is 1. The summed E-state index contributed by atoms with van der Waals surface area (Å²) < 4.78 is 10.6. The molecule has 5 heteroatoms. The molecule has 252 valence electrons. The Morgan fingerprint density at radius 1 is 0.545 bits per heavy atom. The Kier molecular flexibility index (Phi) is 33.2. The Bertz CT molecular complexity index is 792. The minimum Gasteiger partial charge on any atom is -0.462 e. The van der Waals surface area contributed by atoms with Crippen molar-refractivity contribution in [3.05, 3.63) is 60.8 Å². The van der Waals surface area contributed by atoms with Crippen molar-refractivity contribution in [2.24, 2.45) is 0 Å². The molecule has 0 rings (SSSR count). The van der Waals surface area contributed by atoms with Crippen LogP contribution in [0.1, 0.15) is 155 Å². The van der Waals surface area contributed by atoms with E-state index in [0.29, 0.717) is 12.8 Å². The van der Waals surface area contributed by atoms with Gasteiger partial charge in [0, 0.05) is 12.8 Å². The molecule has 0 unspecified atom stereocenters. The SMILES string of the molecule is CC/C=C\C/C=C\C/C=C\CCCCCCCC(=O)O[C@@H](CO)COC(=O)CCCCCCC/C=C\C/C=C\CCCCC. The van der Waals surface area contributed by atoms with Crippen LogP contribution in [0.4, 0.5) is 0 Å². The van der Waals surface area contributed by atoms with Crippen LogP contribution >= 0.6 is 0 Å². The molecule has 0 amide bonds. The first-order valence-corrected chi connectivity index (χ1v) is 17.8. The standard InChI is InChI=1S/C39H66O5/c1-3-5-7-9-11-13-15-17-19-21-23-25-27-29-31-33-38(41)43-36-37(35-40)44-39(42)34-32-30-28-26-24-22-20-18-16-14-12-10-8-6-4-2/h6,8,11-14,17-20,37,40H,3-5,7,9-10,15-16,21-36H2,1-2H3/b8-6-,13-11-,14-12-,19-17-,20-18-/t37-/m0/s1. The normalized spacial score (nSPS) is 12.9. The summed E-state index contributed by atoms with van der Waals surface area (Å²) in [6.45, 7) is 3.95. The molecule has 0 heterocycles. The molecule has 0 aliphatic heterocycles. The monoisotopic (exact) mass is 614 g/mol. The fraction of sp³-hybridized carbons (Fsp3) is 0.692. The summed E-state index contributed by atoms with van der Waals surface area (Å²) in [6, 6.07) is 0. The lowest BCUT2D eigenvalue weighted by atomic mass is 10.1. The number of aliphatic hydroxyl groups is 1.